The van der Waals surface area contributed by atoms with Gasteiger partial charge in [0.2, 0.25) is 0 Å². The Morgan fingerprint density at radius 2 is 1.94 bits per heavy atom. The van der Waals surface area contributed by atoms with Crippen molar-refractivity contribution in [2.45, 2.75) is 65.1 Å². The molecule has 0 radical (unpaired) electrons. The predicted octanol–water partition coefficient (Wildman–Crippen LogP) is 2.55. The zero-order valence-corrected chi connectivity index (χ0v) is 11.6. The van der Waals surface area contributed by atoms with Crippen LogP contribution >= 0.6 is 0 Å². The molecule has 18 heavy (non-hydrogen) atoms. The van der Waals surface area contributed by atoms with Crippen molar-refractivity contribution in [3.05, 3.63) is 11.3 Å². The van der Waals surface area contributed by atoms with Gasteiger partial charge in [-0.3, -0.25) is 0 Å². The molecule has 4 heteroatoms. The normalized spacial score (nSPS) is 25.3. The lowest BCUT2D eigenvalue weighted by Crippen LogP contribution is -2.32. The topological polar surface area (TPSA) is 55.8 Å². The molecule has 0 aliphatic heterocycles. The van der Waals surface area contributed by atoms with E-state index in [1.54, 1.807) is 13.8 Å². The van der Waals surface area contributed by atoms with E-state index in [2.05, 4.69) is 0 Å². The average Bonchev–Trinajstić information content (AvgIpc) is 2.33. The molecule has 0 aromatic rings. The Morgan fingerprint density at radius 3 is 2.50 bits per heavy atom. The van der Waals surface area contributed by atoms with E-state index >= 15 is 0 Å². The monoisotopic (exact) mass is 256 g/mol. The third kappa shape index (κ3) is 4.02. The van der Waals surface area contributed by atoms with Gasteiger partial charge in [-0.1, -0.05) is 13.3 Å². The highest BCUT2D eigenvalue weighted by Gasteiger charge is 2.26. The van der Waals surface area contributed by atoms with Gasteiger partial charge in [0.05, 0.1) is 18.3 Å². The minimum Gasteiger partial charge on any atom is -0.492 e. The minimum atomic E-state index is -0.422. The summed E-state index contributed by atoms with van der Waals surface area (Å²) in [5, 5.41) is 9.85. The summed E-state index contributed by atoms with van der Waals surface area (Å²) in [6, 6.07) is 0. The van der Waals surface area contributed by atoms with E-state index in [1.165, 1.54) is 0 Å². The van der Waals surface area contributed by atoms with E-state index in [0.717, 1.165) is 25.7 Å². The Balaban J connectivity index is 2.69. The molecule has 0 aromatic heterocycles. The van der Waals surface area contributed by atoms with Gasteiger partial charge in [0.1, 0.15) is 11.9 Å². The van der Waals surface area contributed by atoms with Crippen molar-refractivity contribution >= 4 is 5.97 Å². The van der Waals surface area contributed by atoms with Crippen molar-refractivity contribution in [2.75, 3.05) is 6.61 Å². The predicted molar refractivity (Wildman–Crippen MR) is 69.0 cm³/mol. The molecule has 104 valence electrons. The fraction of sp³-hybridized carbons (Fsp3) is 0.786. The molecule has 0 bridgehead atoms. The molecule has 1 aliphatic carbocycles. The van der Waals surface area contributed by atoms with Crippen molar-refractivity contribution in [2.24, 2.45) is 0 Å². The van der Waals surface area contributed by atoms with E-state index in [9.17, 15) is 9.90 Å². The fourth-order valence-corrected chi connectivity index (χ4v) is 2.27. The Morgan fingerprint density at radius 1 is 1.28 bits per heavy atom. The van der Waals surface area contributed by atoms with Gasteiger partial charge >= 0.3 is 5.97 Å². The van der Waals surface area contributed by atoms with E-state index in [1.807, 2.05) is 6.92 Å². The first-order valence-electron chi connectivity index (χ1n) is 6.81. The SMILES string of the molecule is CCOC(=O)/C(CC)=C(/C)O[C@H]1CCCC[C@@H]1O. The first kappa shape index (κ1) is 15.0. The molecule has 0 saturated heterocycles. The summed E-state index contributed by atoms with van der Waals surface area (Å²) in [6.45, 7) is 5.82. The van der Waals surface area contributed by atoms with Gasteiger partial charge in [-0.25, -0.2) is 4.79 Å². The number of carbonyl (C=O) groups excluding carboxylic acids is 1. The number of ether oxygens (including phenoxy) is 2. The first-order valence-corrected chi connectivity index (χ1v) is 6.81. The smallest absolute Gasteiger partial charge is 0.337 e. The molecule has 0 amide bonds. The Labute approximate surface area is 109 Å². The molecule has 4 nitrogen and oxygen atoms in total. The highest BCUT2D eigenvalue weighted by atomic mass is 16.5. The van der Waals surface area contributed by atoms with Crippen LogP contribution < -0.4 is 0 Å². The van der Waals surface area contributed by atoms with Gasteiger partial charge < -0.3 is 14.6 Å². The van der Waals surface area contributed by atoms with Crippen molar-refractivity contribution in [3.8, 4) is 0 Å². The summed E-state index contributed by atoms with van der Waals surface area (Å²) < 4.78 is 10.7. The van der Waals surface area contributed by atoms with Gasteiger partial charge in [0.15, 0.2) is 0 Å². The largest absolute Gasteiger partial charge is 0.492 e. The van der Waals surface area contributed by atoms with Crippen molar-refractivity contribution < 1.29 is 19.4 Å². The molecule has 0 spiro atoms. The number of aliphatic hydroxyl groups excluding tert-OH is 1. The molecular weight excluding hydrogens is 232 g/mol. The average molecular weight is 256 g/mol. The third-order valence-corrected chi connectivity index (χ3v) is 3.30. The molecule has 1 saturated carbocycles. The number of esters is 1. The van der Waals surface area contributed by atoms with E-state index in [-0.39, 0.29) is 12.1 Å². The summed E-state index contributed by atoms with van der Waals surface area (Å²) in [5.74, 6) is 0.268. The number of carbonyl (C=O) groups is 1. The number of rotatable bonds is 5. The van der Waals surface area contributed by atoms with Crippen LogP contribution in [0.5, 0.6) is 0 Å². The van der Waals surface area contributed by atoms with Crippen LogP contribution in [0.25, 0.3) is 0 Å². The van der Waals surface area contributed by atoms with E-state index in [4.69, 9.17) is 9.47 Å². The number of hydrogen-bond donors (Lipinski definition) is 1. The van der Waals surface area contributed by atoms with Crippen LogP contribution in [0.1, 0.15) is 52.9 Å². The van der Waals surface area contributed by atoms with Crippen LogP contribution in [0, 0.1) is 0 Å². The lowest BCUT2D eigenvalue weighted by molar-refractivity contribution is -0.139. The minimum absolute atomic E-state index is 0.185. The molecule has 1 rings (SSSR count). The molecule has 1 N–H and O–H groups in total. The lowest BCUT2D eigenvalue weighted by Gasteiger charge is -2.29. The molecule has 0 unspecified atom stereocenters. The maximum Gasteiger partial charge on any atom is 0.337 e. The molecule has 0 aromatic carbocycles. The van der Waals surface area contributed by atoms with Gasteiger partial charge in [-0.2, -0.15) is 0 Å². The zero-order valence-electron chi connectivity index (χ0n) is 11.6. The van der Waals surface area contributed by atoms with Gasteiger partial charge in [0.25, 0.3) is 0 Å². The van der Waals surface area contributed by atoms with Crippen LogP contribution in [0.15, 0.2) is 11.3 Å². The maximum absolute atomic E-state index is 11.7. The summed E-state index contributed by atoms with van der Waals surface area (Å²) in [6.07, 6.45) is 3.70. The van der Waals surface area contributed by atoms with Gasteiger partial charge in [0, 0.05) is 0 Å². The second-order valence-corrected chi connectivity index (χ2v) is 4.62. The number of allylic oxidation sites excluding steroid dienone is 1. The summed E-state index contributed by atoms with van der Waals surface area (Å²) >= 11 is 0. The van der Waals surface area contributed by atoms with Crippen molar-refractivity contribution in [1.82, 2.24) is 0 Å². The fourth-order valence-electron chi connectivity index (χ4n) is 2.27. The van der Waals surface area contributed by atoms with E-state index in [0.29, 0.717) is 24.4 Å². The molecular formula is C14H24O4. The molecule has 2 atom stereocenters. The number of hydrogen-bond acceptors (Lipinski definition) is 4. The molecule has 1 aliphatic rings. The van der Waals surface area contributed by atoms with Crippen LogP contribution in [0.4, 0.5) is 0 Å². The lowest BCUT2D eigenvalue weighted by atomic mass is 9.95. The Kier molecular flexibility index (Phi) is 6.19. The Bertz CT molecular complexity index is 309. The highest BCUT2D eigenvalue weighted by Crippen LogP contribution is 2.24. The summed E-state index contributed by atoms with van der Waals surface area (Å²) in [7, 11) is 0. The molecule has 0 heterocycles. The highest BCUT2D eigenvalue weighted by molar-refractivity contribution is 5.88. The van der Waals surface area contributed by atoms with Gasteiger partial charge in [-0.05, 0) is 39.5 Å². The maximum atomic E-state index is 11.7. The molecule has 1 fully saturated rings. The summed E-state index contributed by atoms with van der Waals surface area (Å²) in [5.41, 5.74) is 0.564. The number of aliphatic hydroxyl groups is 1. The van der Waals surface area contributed by atoms with E-state index < -0.39 is 6.10 Å². The second-order valence-electron chi connectivity index (χ2n) is 4.62. The quantitative estimate of drug-likeness (QED) is 0.466. The van der Waals surface area contributed by atoms with Crippen molar-refractivity contribution in [3.63, 3.8) is 0 Å². The van der Waals surface area contributed by atoms with Gasteiger partial charge in [-0.15, -0.1) is 0 Å². The van der Waals surface area contributed by atoms with Crippen LogP contribution in [-0.4, -0.2) is 29.9 Å². The standard InChI is InChI=1S/C14H24O4/c1-4-11(14(16)17-5-2)10(3)18-13-9-7-6-8-12(13)15/h12-13,15H,4-9H2,1-3H3/b11-10-/t12-,13-/m0/s1. The third-order valence-electron chi connectivity index (χ3n) is 3.30. The summed E-state index contributed by atoms with van der Waals surface area (Å²) in [4.78, 5) is 11.7. The zero-order chi connectivity index (χ0) is 13.5. The van der Waals surface area contributed by atoms with Crippen LogP contribution in [0.2, 0.25) is 0 Å². The first-order chi connectivity index (χ1) is 8.60. The van der Waals surface area contributed by atoms with Crippen LogP contribution in [-0.2, 0) is 14.3 Å². The Hall–Kier alpha value is -1.03. The second kappa shape index (κ2) is 7.41. The van der Waals surface area contributed by atoms with Crippen molar-refractivity contribution in [1.29, 1.82) is 0 Å². The van der Waals surface area contributed by atoms with Crippen LogP contribution in [0.3, 0.4) is 0 Å².